The van der Waals surface area contributed by atoms with Gasteiger partial charge in [-0.15, -0.1) is 0 Å². The number of benzene rings is 1. The zero-order valence-corrected chi connectivity index (χ0v) is 11.0. The second-order valence-electron chi connectivity index (χ2n) is 4.34. The van der Waals surface area contributed by atoms with E-state index < -0.39 is 5.69 Å². The van der Waals surface area contributed by atoms with Crippen LogP contribution >= 0.6 is 0 Å². The van der Waals surface area contributed by atoms with Crippen molar-refractivity contribution in [3.05, 3.63) is 74.6 Å². The molecule has 2 aromatic rings. The van der Waals surface area contributed by atoms with E-state index in [9.17, 15) is 9.59 Å². The van der Waals surface area contributed by atoms with Crippen LogP contribution in [0, 0.1) is 0 Å². The smallest absolute Gasteiger partial charge is 0.293 e. The Morgan fingerprint density at radius 1 is 1.21 bits per heavy atom. The lowest BCUT2D eigenvalue weighted by Crippen LogP contribution is -2.32. The Kier molecular flexibility index (Phi) is 3.80. The molecular formula is C15H16N2O2. The number of aromatic nitrogens is 2. The summed E-state index contributed by atoms with van der Waals surface area (Å²) in [5.41, 5.74) is 0.738. The SMILES string of the molecule is C/C=C/c1cn(C(C)c2ccccc2)c(=O)[nH]c1=O. The van der Waals surface area contributed by atoms with Crippen LogP contribution in [0.25, 0.3) is 6.08 Å². The van der Waals surface area contributed by atoms with Crippen LogP contribution in [0.1, 0.15) is 31.0 Å². The highest BCUT2D eigenvalue weighted by atomic mass is 16.2. The van der Waals surface area contributed by atoms with E-state index in [-0.39, 0.29) is 11.6 Å². The van der Waals surface area contributed by atoms with E-state index >= 15 is 0 Å². The molecule has 1 unspecified atom stereocenters. The summed E-state index contributed by atoms with van der Waals surface area (Å²) in [6.07, 6.45) is 5.05. The van der Waals surface area contributed by atoms with Crippen molar-refractivity contribution in [1.82, 2.24) is 9.55 Å². The third-order valence-electron chi connectivity index (χ3n) is 3.04. The average Bonchev–Trinajstić information content (AvgIpc) is 2.42. The molecule has 0 saturated heterocycles. The summed E-state index contributed by atoms with van der Waals surface area (Å²) in [4.78, 5) is 25.9. The van der Waals surface area contributed by atoms with Crippen molar-refractivity contribution >= 4 is 6.08 Å². The standard InChI is InChI=1S/C15H16N2O2/c1-3-7-13-10-17(15(19)16-14(13)18)11(2)12-8-5-4-6-9-12/h3-11H,1-2H3,(H,16,18,19)/b7-3+. The van der Waals surface area contributed by atoms with E-state index in [4.69, 9.17) is 0 Å². The number of H-pyrrole nitrogens is 1. The Morgan fingerprint density at radius 3 is 2.53 bits per heavy atom. The van der Waals surface area contributed by atoms with Crippen molar-refractivity contribution in [3.8, 4) is 0 Å². The quantitative estimate of drug-likeness (QED) is 0.915. The van der Waals surface area contributed by atoms with Crippen LogP contribution in [0.15, 0.2) is 52.2 Å². The molecule has 1 heterocycles. The fourth-order valence-electron chi connectivity index (χ4n) is 1.98. The van der Waals surface area contributed by atoms with Crippen LogP contribution in [0.4, 0.5) is 0 Å². The zero-order chi connectivity index (χ0) is 13.8. The fraction of sp³-hybridized carbons (Fsp3) is 0.200. The van der Waals surface area contributed by atoms with Crippen LogP contribution < -0.4 is 11.2 Å². The van der Waals surface area contributed by atoms with Gasteiger partial charge in [0.05, 0.1) is 11.6 Å². The molecule has 0 aliphatic heterocycles. The summed E-state index contributed by atoms with van der Waals surface area (Å²) < 4.78 is 1.53. The first-order valence-corrected chi connectivity index (χ1v) is 6.16. The van der Waals surface area contributed by atoms with E-state index in [0.717, 1.165) is 5.56 Å². The largest absolute Gasteiger partial charge is 0.328 e. The number of aromatic amines is 1. The van der Waals surface area contributed by atoms with Crippen molar-refractivity contribution in [3.63, 3.8) is 0 Å². The first kappa shape index (κ1) is 13.1. The molecule has 0 aliphatic rings. The summed E-state index contributed by atoms with van der Waals surface area (Å²) in [5.74, 6) is 0. The Labute approximate surface area is 111 Å². The lowest BCUT2D eigenvalue weighted by Gasteiger charge is -2.15. The van der Waals surface area contributed by atoms with Gasteiger partial charge in [0.15, 0.2) is 0 Å². The highest BCUT2D eigenvalue weighted by molar-refractivity contribution is 5.45. The average molecular weight is 256 g/mol. The molecule has 0 aliphatic carbocycles. The normalized spacial score (nSPS) is 12.7. The summed E-state index contributed by atoms with van der Waals surface area (Å²) in [6, 6.07) is 9.56. The molecular weight excluding hydrogens is 240 g/mol. The highest BCUT2D eigenvalue weighted by Crippen LogP contribution is 2.15. The highest BCUT2D eigenvalue weighted by Gasteiger charge is 2.10. The third kappa shape index (κ3) is 2.73. The maximum absolute atomic E-state index is 11.9. The van der Waals surface area contributed by atoms with Gasteiger partial charge in [-0.05, 0) is 19.4 Å². The Balaban J connectivity index is 2.54. The van der Waals surface area contributed by atoms with Gasteiger partial charge >= 0.3 is 5.69 Å². The Morgan fingerprint density at radius 2 is 1.89 bits per heavy atom. The predicted molar refractivity (Wildman–Crippen MR) is 76.3 cm³/mol. The molecule has 1 atom stereocenters. The van der Waals surface area contributed by atoms with E-state index in [1.54, 1.807) is 18.3 Å². The third-order valence-corrected chi connectivity index (χ3v) is 3.04. The minimum atomic E-state index is -0.394. The molecule has 0 radical (unpaired) electrons. The van der Waals surface area contributed by atoms with Crippen molar-refractivity contribution < 1.29 is 0 Å². The molecule has 4 nitrogen and oxygen atoms in total. The molecule has 0 saturated carbocycles. The van der Waals surface area contributed by atoms with Crippen LogP contribution in [0.2, 0.25) is 0 Å². The molecule has 4 heteroatoms. The molecule has 1 aromatic carbocycles. The molecule has 19 heavy (non-hydrogen) atoms. The van der Waals surface area contributed by atoms with Crippen LogP contribution in [-0.4, -0.2) is 9.55 Å². The van der Waals surface area contributed by atoms with Gasteiger partial charge in [0.25, 0.3) is 5.56 Å². The number of hydrogen-bond donors (Lipinski definition) is 1. The van der Waals surface area contributed by atoms with Gasteiger partial charge in [0.1, 0.15) is 0 Å². The van der Waals surface area contributed by atoms with E-state index in [1.165, 1.54) is 4.57 Å². The molecule has 0 spiro atoms. The lowest BCUT2D eigenvalue weighted by molar-refractivity contribution is 0.593. The molecule has 0 bridgehead atoms. The Hall–Kier alpha value is -2.36. The molecule has 98 valence electrons. The molecule has 0 fully saturated rings. The van der Waals surface area contributed by atoms with Crippen molar-refractivity contribution in [2.45, 2.75) is 19.9 Å². The van der Waals surface area contributed by atoms with Crippen LogP contribution in [0.5, 0.6) is 0 Å². The van der Waals surface area contributed by atoms with Gasteiger partial charge in [-0.1, -0.05) is 42.5 Å². The maximum Gasteiger partial charge on any atom is 0.328 e. The minimum absolute atomic E-state index is 0.130. The van der Waals surface area contributed by atoms with Gasteiger partial charge in [-0.25, -0.2) is 4.79 Å². The topological polar surface area (TPSA) is 54.9 Å². The molecule has 1 N–H and O–H groups in total. The summed E-state index contributed by atoms with van der Waals surface area (Å²) >= 11 is 0. The van der Waals surface area contributed by atoms with Gasteiger partial charge in [0.2, 0.25) is 0 Å². The first-order valence-electron chi connectivity index (χ1n) is 6.16. The Bertz CT molecular complexity index is 696. The minimum Gasteiger partial charge on any atom is -0.293 e. The van der Waals surface area contributed by atoms with E-state index in [0.29, 0.717) is 5.56 Å². The monoisotopic (exact) mass is 256 g/mol. The second kappa shape index (κ2) is 5.52. The zero-order valence-electron chi connectivity index (χ0n) is 11.0. The van der Waals surface area contributed by atoms with Gasteiger partial charge in [0, 0.05) is 6.20 Å². The van der Waals surface area contributed by atoms with Crippen LogP contribution in [0.3, 0.4) is 0 Å². The molecule has 0 amide bonds. The van der Waals surface area contributed by atoms with Gasteiger partial charge in [-0.2, -0.15) is 0 Å². The second-order valence-corrected chi connectivity index (χ2v) is 4.34. The molecule has 2 rings (SSSR count). The van der Waals surface area contributed by atoms with Crippen molar-refractivity contribution in [1.29, 1.82) is 0 Å². The summed E-state index contributed by atoms with van der Waals surface area (Å²) in [5, 5.41) is 0. The van der Waals surface area contributed by atoms with Gasteiger partial charge in [-0.3, -0.25) is 14.3 Å². The number of allylic oxidation sites excluding steroid dienone is 1. The number of nitrogens with zero attached hydrogens (tertiary/aromatic N) is 1. The van der Waals surface area contributed by atoms with Crippen molar-refractivity contribution in [2.75, 3.05) is 0 Å². The number of nitrogens with one attached hydrogen (secondary N) is 1. The summed E-state index contributed by atoms with van der Waals surface area (Å²) in [7, 11) is 0. The van der Waals surface area contributed by atoms with E-state index in [1.807, 2.05) is 44.2 Å². The van der Waals surface area contributed by atoms with E-state index in [2.05, 4.69) is 4.98 Å². The predicted octanol–water partition coefficient (Wildman–Crippen LogP) is 2.18. The molecule has 1 aromatic heterocycles. The van der Waals surface area contributed by atoms with Crippen LogP contribution in [-0.2, 0) is 0 Å². The summed E-state index contributed by atoms with van der Waals surface area (Å²) in [6.45, 7) is 3.75. The number of hydrogen-bond acceptors (Lipinski definition) is 2. The number of rotatable bonds is 3. The van der Waals surface area contributed by atoms with Gasteiger partial charge < -0.3 is 0 Å². The fourth-order valence-corrected chi connectivity index (χ4v) is 1.98. The maximum atomic E-state index is 11.9. The lowest BCUT2D eigenvalue weighted by atomic mass is 10.1. The first-order chi connectivity index (χ1) is 9.13. The van der Waals surface area contributed by atoms with Crippen molar-refractivity contribution in [2.24, 2.45) is 0 Å².